The number of benzene rings is 1. The number of aryl methyl sites for hydroxylation is 1. The van der Waals surface area contributed by atoms with Gasteiger partial charge in [0.1, 0.15) is 11.9 Å². The Bertz CT molecular complexity index is 699. The largest absolute Gasteiger partial charge is 0.469 e. The number of fused-ring (bicyclic) bond motifs is 1. The summed E-state index contributed by atoms with van der Waals surface area (Å²) in [5.74, 6) is 0.810. The lowest BCUT2D eigenvalue weighted by atomic mass is 10.0. The molecule has 1 N–H and O–H groups in total. The van der Waals surface area contributed by atoms with Gasteiger partial charge in [0.2, 0.25) is 0 Å². The Morgan fingerprint density at radius 1 is 1.39 bits per heavy atom. The van der Waals surface area contributed by atoms with Crippen LogP contribution in [0.15, 0.2) is 44.8 Å². The van der Waals surface area contributed by atoms with Gasteiger partial charge < -0.3 is 9.52 Å². The van der Waals surface area contributed by atoms with E-state index >= 15 is 0 Å². The fourth-order valence-electron chi connectivity index (χ4n) is 2.04. The molecule has 92 valence electrons. The summed E-state index contributed by atoms with van der Waals surface area (Å²) < 4.78 is 7.47. The zero-order valence-electron chi connectivity index (χ0n) is 9.68. The molecule has 0 spiro atoms. The number of furan rings is 1. The van der Waals surface area contributed by atoms with Gasteiger partial charge in [0, 0.05) is 20.3 Å². The number of aliphatic hydroxyl groups is 1. The third-order valence-corrected chi connectivity index (χ3v) is 4.91. The Kier molecular flexibility index (Phi) is 3.01. The first-order chi connectivity index (χ1) is 8.66. The van der Waals surface area contributed by atoms with Crippen LogP contribution in [0.25, 0.3) is 10.1 Å². The van der Waals surface area contributed by atoms with Gasteiger partial charge in [-0.1, -0.05) is 12.1 Å². The Hall–Kier alpha value is -1.10. The molecular weight excluding hydrogens is 312 g/mol. The van der Waals surface area contributed by atoms with E-state index in [-0.39, 0.29) is 0 Å². The molecule has 0 saturated carbocycles. The molecule has 0 aliphatic heterocycles. The standard InChI is InChI=1S/C14H11BrO2S/c1-8-5-9(6-17-8)13(16)11-7-18-14-10(11)3-2-4-12(14)15/h2-7,13,16H,1H3. The normalized spacial score (nSPS) is 13.1. The second-order valence-electron chi connectivity index (χ2n) is 4.20. The van der Waals surface area contributed by atoms with Gasteiger partial charge in [0.25, 0.3) is 0 Å². The van der Waals surface area contributed by atoms with Gasteiger partial charge in [-0.2, -0.15) is 0 Å². The smallest absolute Gasteiger partial charge is 0.109 e. The fraction of sp³-hybridized carbons (Fsp3) is 0.143. The van der Waals surface area contributed by atoms with Crippen molar-refractivity contribution in [3.63, 3.8) is 0 Å². The summed E-state index contributed by atoms with van der Waals surface area (Å²) in [6.45, 7) is 1.87. The summed E-state index contributed by atoms with van der Waals surface area (Å²) in [6.07, 6.45) is 0.979. The molecule has 0 saturated heterocycles. The first-order valence-corrected chi connectivity index (χ1v) is 7.23. The van der Waals surface area contributed by atoms with Crippen molar-refractivity contribution in [1.29, 1.82) is 0 Å². The van der Waals surface area contributed by atoms with E-state index in [0.717, 1.165) is 31.4 Å². The van der Waals surface area contributed by atoms with Gasteiger partial charge in [-0.05, 0) is 45.8 Å². The molecule has 0 amide bonds. The van der Waals surface area contributed by atoms with Crippen molar-refractivity contribution in [3.8, 4) is 0 Å². The summed E-state index contributed by atoms with van der Waals surface area (Å²) >= 11 is 5.16. The first-order valence-electron chi connectivity index (χ1n) is 5.55. The average Bonchev–Trinajstić information content (AvgIpc) is 2.95. The van der Waals surface area contributed by atoms with E-state index in [2.05, 4.69) is 15.9 Å². The molecule has 0 fully saturated rings. The van der Waals surface area contributed by atoms with Crippen LogP contribution in [0, 0.1) is 6.92 Å². The lowest BCUT2D eigenvalue weighted by molar-refractivity contribution is 0.221. The minimum atomic E-state index is -0.634. The third kappa shape index (κ3) is 1.90. The average molecular weight is 323 g/mol. The molecule has 2 heterocycles. The highest BCUT2D eigenvalue weighted by Gasteiger charge is 2.17. The number of aliphatic hydroxyl groups excluding tert-OH is 1. The Morgan fingerprint density at radius 3 is 2.94 bits per heavy atom. The molecule has 0 bridgehead atoms. The van der Waals surface area contributed by atoms with Gasteiger partial charge in [0.15, 0.2) is 0 Å². The van der Waals surface area contributed by atoms with Crippen LogP contribution >= 0.6 is 27.3 Å². The molecule has 0 radical (unpaired) electrons. The highest BCUT2D eigenvalue weighted by Crippen LogP contribution is 2.37. The van der Waals surface area contributed by atoms with Crippen molar-refractivity contribution in [3.05, 3.63) is 57.3 Å². The fourth-order valence-corrected chi connectivity index (χ4v) is 3.68. The maximum atomic E-state index is 10.4. The molecular formula is C14H11BrO2S. The number of halogens is 1. The maximum absolute atomic E-state index is 10.4. The zero-order valence-corrected chi connectivity index (χ0v) is 12.1. The Labute approximate surface area is 117 Å². The summed E-state index contributed by atoms with van der Waals surface area (Å²) in [7, 11) is 0. The van der Waals surface area contributed by atoms with E-state index < -0.39 is 6.10 Å². The molecule has 3 aromatic rings. The second-order valence-corrected chi connectivity index (χ2v) is 5.93. The molecule has 3 rings (SSSR count). The van der Waals surface area contributed by atoms with Gasteiger partial charge in [-0.25, -0.2) is 0 Å². The van der Waals surface area contributed by atoms with Crippen molar-refractivity contribution >= 4 is 37.4 Å². The van der Waals surface area contributed by atoms with Crippen LogP contribution in [0.2, 0.25) is 0 Å². The van der Waals surface area contributed by atoms with Crippen LogP contribution in [0.3, 0.4) is 0 Å². The summed E-state index contributed by atoms with van der Waals surface area (Å²) in [4.78, 5) is 0. The quantitative estimate of drug-likeness (QED) is 0.745. The van der Waals surface area contributed by atoms with E-state index in [9.17, 15) is 5.11 Å². The minimum Gasteiger partial charge on any atom is -0.469 e. The number of hydrogen-bond acceptors (Lipinski definition) is 3. The SMILES string of the molecule is Cc1cc(C(O)c2csc3c(Br)cccc23)co1. The van der Waals surface area contributed by atoms with E-state index in [1.165, 1.54) is 0 Å². The molecule has 1 unspecified atom stereocenters. The van der Waals surface area contributed by atoms with Crippen LogP contribution in [-0.2, 0) is 0 Å². The summed E-state index contributed by atoms with van der Waals surface area (Å²) in [6, 6.07) is 7.89. The van der Waals surface area contributed by atoms with Crippen molar-refractivity contribution < 1.29 is 9.52 Å². The Morgan fingerprint density at radius 2 is 2.22 bits per heavy atom. The minimum absolute atomic E-state index is 0.634. The van der Waals surface area contributed by atoms with Crippen LogP contribution < -0.4 is 0 Å². The molecule has 0 aliphatic rings. The van der Waals surface area contributed by atoms with Crippen molar-refractivity contribution in [2.45, 2.75) is 13.0 Å². The summed E-state index contributed by atoms with van der Waals surface area (Å²) in [5, 5.41) is 13.5. The van der Waals surface area contributed by atoms with Crippen LogP contribution in [0.1, 0.15) is 23.0 Å². The highest BCUT2D eigenvalue weighted by molar-refractivity contribution is 9.10. The predicted molar refractivity (Wildman–Crippen MR) is 77.0 cm³/mol. The van der Waals surface area contributed by atoms with Gasteiger partial charge in [0.05, 0.1) is 6.26 Å². The van der Waals surface area contributed by atoms with Crippen molar-refractivity contribution in [2.75, 3.05) is 0 Å². The highest BCUT2D eigenvalue weighted by atomic mass is 79.9. The van der Waals surface area contributed by atoms with Crippen molar-refractivity contribution in [1.82, 2.24) is 0 Å². The van der Waals surface area contributed by atoms with Crippen LogP contribution in [-0.4, -0.2) is 5.11 Å². The molecule has 0 aliphatic carbocycles. The van der Waals surface area contributed by atoms with Gasteiger partial charge in [-0.15, -0.1) is 11.3 Å². The Balaban J connectivity index is 2.12. The van der Waals surface area contributed by atoms with E-state index in [0.29, 0.717) is 0 Å². The van der Waals surface area contributed by atoms with E-state index in [1.807, 2.05) is 36.6 Å². The number of thiophene rings is 1. The molecule has 1 atom stereocenters. The van der Waals surface area contributed by atoms with Gasteiger partial charge in [-0.3, -0.25) is 0 Å². The van der Waals surface area contributed by atoms with Crippen LogP contribution in [0.5, 0.6) is 0 Å². The lowest BCUT2D eigenvalue weighted by Crippen LogP contribution is -1.96. The second kappa shape index (κ2) is 4.53. The molecule has 4 heteroatoms. The lowest BCUT2D eigenvalue weighted by Gasteiger charge is -2.07. The molecule has 18 heavy (non-hydrogen) atoms. The topological polar surface area (TPSA) is 33.4 Å². The van der Waals surface area contributed by atoms with Crippen LogP contribution in [0.4, 0.5) is 0 Å². The first kappa shape index (κ1) is 12.0. The van der Waals surface area contributed by atoms with E-state index in [4.69, 9.17) is 4.42 Å². The monoisotopic (exact) mass is 322 g/mol. The third-order valence-electron chi connectivity index (χ3n) is 2.94. The number of hydrogen-bond donors (Lipinski definition) is 1. The zero-order chi connectivity index (χ0) is 12.7. The van der Waals surface area contributed by atoms with E-state index in [1.54, 1.807) is 17.6 Å². The molecule has 2 aromatic heterocycles. The number of rotatable bonds is 2. The molecule has 2 nitrogen and oxygen atoms in total. The van der Waals surface area contributed by atoms with Gasteiger partial charge >= 0.3 is 0 Å². The van der Waals surface area contributed by atoms with Crippen molar-refractivity contribution in [2.24, 2.45) is 0 Å². The molecule has 1 aromatic carbocycles. The summed E-state index contributed by atoms with van der Waals surface area (Å²) in [5.41, 5.74) is 1.73. The maximum Gasteiger partial charge on any atom is 0.109 e. The predicted octanol–water partition coefficient (Wildman–Crippen LogP) is 4.65.